The number of aliphatic hydroxyl groups is 1. The number of rotatable bonds is 8. The number of ether oxygens (including phenoxy) is 1. The van der Waals surface area contributed by atoms with Crippen molar-refractivity contribution in [2.75, 3.05) is 13.2 Å². The van der Waals surface area contributed by atoms with Gasteiger partial charge in [-0.3, -0.25) is 4.90 Å². The summed E-state index contributed by atoms with van der Waals surface area (Å²) in [5, 5.41) is 10.2. The molecule has 0 aliphatic heterocycles. The van der Waals surface area contributed by atoms with E-state index in [2.05, 4.69) is 4.90 Å². The molecule has 0 saturated carbocycles. The summed E-state index contributed by atoms with van der Waals surface area (Å²) in [5.41, 5.74) is -0.256. The summed E-state index contributed by atoms with van der Waals surface area (Å²) >= 11 is 0. The Hall–Kier alpha value is -1.56. The van der Waals surface area contributed by atoms with Gasteiger partial charge in [-0.05, 0) is 45.0 Å². The van der Waals surface area contributed by atoms with E-state index in [4.69, 9.17) is 13.6 Å². The van der Waals surface area contributed by atoms with E-state index in [1.165, 1.54) is 0 Å². The van der Waals surface area contributed by atoms with Crippen LogP contribution in [0.2, 0.25) is 0 Å². The number of furan rings is 2. The normalized spacial score (nSPS) is 13.7. The lowest BCUT2D eigenvalue weighted by molar-refractivity contribution is -0.0579. The molecule has 0 spiro atoms. The third kappa shape index (κ3) is 6.05. The lowest BCUT2D eigenvalue weighted by Crippen LogP contribution is -2.36. The van der Waals surface area contributed by atoms with E-state index in [1.807, 2.05) is 45.0 Å². The Labute approximate surface area is 131 Å². The SMILES string of the molecule is CC(C)(C)OC[C@H](O)CN(Cc1ccco1)Cc1ccco1. The minimum atomic E-state index is -0.566. The highest BCUT2D eigenvalue weighted by atomic mass is 16.5. The Kier molecular flexibility index (Phi) is 5.83. The molecule has 1 atom stereocenters. The molecular formula is C17H25NO4. The van der Waals surface area contributed by atoms with Gasteiger partial charge in [-0.15, -0.1) is 0 Å². The third-order valence-electron chi connectivity index (χ3n) is 3.10. The molecule has 2 aromatic rings. The van der Waals surface area contributed by atoms with Crippen LogP contribution < -0.4 is 0 Å². The zero-order chi connectivity index (χ0) is 16.0. The van der Waals surface area contributed by atoms with Gasteiger partial charge >= 0.3 is 0 Å². The molecule has 122 valence electrons. The first-order valence-electron chi connectivity index (χ1n) is 7.51. The lowest BCUT2D eigenvalue weighted by atomic mass is 10.2. The highest BCUT2D eigenvalue weighted by Crippen LogP contribution is 2.13. The van der Waals surface area contributed by atoms with Crippen molar-refractivity contribution in [3.8, 4) is 0 Å². The molecule has 0 bridgehead atoms. The Morgan fingerprint density at radius 2 is 1.64 bits per heavy atom. The molecule has 0 amide bonds. The monoisotopic (exact) mass is 307 g/mol. The second-order valence-corrected chi connectivity index (χ2v) is 6.41. The van der Waals surface area contributed by atoms with Crippen LogP contribution in [-0.2, 0) is 17.8 Å². The van der Waals surface area contributed by atoms with Gasteiger partial charge in [0.1, 0.15) is 11.5 Å². The molecule has 2 aromatic heterocycles. The molecule has 0 aromatic carbocycles. The fraction of sp³-hybridized carbons (Fsp3) is 0.529. The van der Waals surface area contributed by atoms with E-state index in [1.54, 1.807) is 12.5 Å². The first-order valence-corrected chi connectivity index (χ1v) is 7.51. The molecule has 0 aliphatic carbocycles. The molecule has 1 N–H and O–H groups in total. The van der Waals surface area contributed by atoms with Crippen molar-refractivity contribution >= 4 is 0 Å². The lowest BCUT2D eigenvalue weighted by Gasteiger charge is -2.26. The van der Waals surface area contributed by atoms with E-state index in [0.29, 0.717) is 26.2 Å². The Bertz CT molecular complexity index is 477. The van der Waals surface area contributed by atoms with E-state index in [-0.39, 0.29) is 5.60 Å². The average Bonchev–Trinajstić information content (AvgIpc) is 3.09. The van der Waals surface area contributed by atoms with Crippen molar-refractivity contribution in [1.29, 1.82) is 0 Å². The third-order valence-corrected chi connectivity index (χ3v) is 3.10. The molecule has 2 heterocycles. The van der Waals surface area contributed by atoms with E-state index in [0.717, 1.165) is 11.5 Å². The minimum Gasteiger partial charge on any atom is -0.468 e. The predicted octanol–water partition coefficient (Wildman–Crippen LogP) is 3.05. The second-order valence-electron chi connectivity index (χ2n) is 6.41. The van der Waals surface area contributed by atoms with Crippen LogP contribution in [0.1, 0.15) is 32.3 Å². The quantitative estimate of drug-likeness (QED) is 0.812. The Balaban J connectivity index is 1.91. The van der Waals surface area contributed by atoms with Crippen LogP contribution in [0.5, 0.6) is 0 Å². The van der Waals surface area contributed by atoms with Crippen molar-refractivity contribution in [2.24, 2.45) is 0 Å². The van der Waals surface area contributed by atoms with Gasteiger partial charge in [-0.1, -0.05) is 0 Å². The number of aliphatic hydroxyl groups excluding tert-OH is 1. The van der Waals surface area contributed by atoms with Crippen LogP contribution in [0, 0.1) is 0 Å². The van der Waals surface area contributed by atoms with Crippen LogP contribution in [0.3, 0.4) is 0 Å². The fourth-order valence-corrected chi connectivity index (χ4v) is 2.13. The molecule has 0 fully saturated rings. The molecule has 0 unspecified atom stereocenters. The van der Waals surface area contributed by atoms with Gasteiger partial charge in [0.2, 0.25) is 0 Å². The van der Waals surface area contributed by atoms with Crippen molar-refractivity contribution in [3.05, 3.63) is 48.3 Å². The summed E-state index contributed by atoms with van der Waals surface area (Å²) in [7, 11) is 0. The molecule has 22 heavy (non-hydrogen) atoms. The summed E-state index contributed by atoms with van der Waals surface area (Å²) in [4.78, 5) is 2.08. The van der Waals surface area contributed by atoms with Crippen LogP contribution in [0.4, 0.5) is 0 Å². The summed E-state index contributed by atoms with van der Waals surface area (Å²) < 4.78 is 16.4. The van der Waals surface area contributed by atoms with Crippen molar-refractivity contribution in [3.63, 3.8) is 0 Å². The van der Waals surface area contributed by atoms with Gasteiger partial charge in [-0.2, -0.15) is 0 Å². The maximum atomic E-state index is 10.2. The molecule has 0 saturated heterocycles. The van der Waals surface area contributed by atoms with E-state index >= 15 is 0 Å². The van der Waals surface area contributed by atoms with Crippen molar-refractivity contribution in [1.82, 2.24) is 4.90 Å². The summed E-state index contributed by atoms with van der Waals surface area (Å²) in [6, 6.07) is 7.57. The number of nitrogens with zero attached hydrogens (tertiary/aromatic N) is 1. The van der Waals surface area contributed by atoms with Crippen LogP contribution in [0.25, 0.3) is 0 Å². The maximum Gasteiger partial charge on any atom is 0.117 e. The number of hydrogen-bond donors (Lipinski definition) is 1. The van der Waals surface area contributed by atoms with Crippen LogP contribution in [0.15, 0.2) is 45.6 Å². The molecule has 5 nitrogen and oxygen atoms in total. The Morgan fingerprint density at radius 1 is 1.09 bits per heavy atom. The van der Waals surface area contributed by atoms with Crippen molar-refractivity contribution in [2.45, 2.75) is 45.6 Å². The first-order chi connectivity index (χ1) is 10.4. The first kappa shape index (κ1) is 16.8. The second kappa shape index (κ2) is 7.63. The maximum absolute atomic E-state index is 10.2. The predicted molar refractivity (Wildman–Crippen MR) is 83.2 cm³/mol. The van der Waals surface area contributed by atoms with Gasteiger partial charge < -0.3 is 18.7 Å². The summed E-state index contributed by atoms with van der Waals surface area (Å²) in [6.07, 6.45) is 2.74. The van der Waals surface area contributed by atoms with E-state index < -0.39 is 6.10 Å². The fourth-order valence-electron chi connectivity index (χ4n) is 2.13. The topological polar surface area (TPSA) is 59.0 Å². The summed E-state index contributed by atoms with van der Waals surface area (Å²) in [6.45, 7) is 7.93. The zero-order valence-electron chi connectivity index (χ0n) is 13.5. The molecule has 2 rings (SSSR count). The standard InChI is InChI=1S/C17H25NO4/c1-17(2,3)22-13-14(19)10-18(11-15-6-4-8-20-15)12-16-7-5-9-21-16/h4-9,14,19H,10-13H2,1-3H3/t14-/m1/s1. The number of hydrogen-bond acceptors (Lipinski definition) is 5. The Morgan fingerprint density at radius 3 is 2.05 bits per heavy atom. The minimum absolute atomic E-state index is 0.256. The average molecular weight is 307 g/mol. The largest absolute Gasteiger partial charge is 0.468 e. The summed E-state index contributed by atoms with van der Waals surface area (Å²) in [5.74, 6) is 1.71. The van der Waals surface area contributed by atoms with Gasteiger partial charge in [-0.25, -0.2) is 0 Å². The van der Waals surface area contributed by atoms with Crippen molar-refractivity contribution < 1.29 is 18.7 Å². The smallest absolute Gasteiger partial charge is 0.117 e. The van der Waals surface area contributed by atoms with Gasteiger partial charge in [0, 0.05) is 6.54 Å². The van der Waals surface area contributed by atoms with Gasteiger partial charge in [0.15, 0.2) is 0 Å². The van der Waals surface area contributed by atoms with Crippen LogP contribution in [-0.4, -0.2) is 34.9 Å². The molecular weight excluding hydrogens is 282 g/mol. The van der Waals surface area contributed by atoms with E-state index in [9.17, 15) is 5.11 Å². The molecule has 0 aliphatic rings. The molecule has 0 radical (unpaired) electrons. The highest BCUT2D eigenvalue weighted by Gasteiger charge is 2.18. The van der Waals surface area contributed by atoms with Gasteiger partial charge in [0.05, 0.1) is 43.9 Å². The van der Waals surface area contributed by atoms with Crippen LogP contribution >= 0.6 is 0 Å². The molecule has 5 heteroatoms. The highest BCUT2D eigenvalue weighted by molar-refractivity contribution is 5.01. The zero-order valence-corrected chi connectivity index (χ0v) is 13.5. The van der Waals surface area contributed by atoms with Gasteiger partial charge in [0.25, 0.3) is 0 Å².